The van der Waals surface area contributed by atoms with Crippen LogP contribution in [0.3, 0.4) is 0 Å². The van der Waals surface area contributed by atoms with Gasteiger partial charge in [0, 0.05) is 12.7 Å². The molecular formula is C8H11NO4. The molecule has 1 atom stereocenters. The van der Waals surface area contributed by atoms with Gasteiger partial charge in [-0.25, -0.2) is 4.79 Å². The summed E-state index contributed by atoms with van der Waals surface area (Å²) >= 11 is 0. The summed E-state index contributed by atoms with van der Waals surface area (Å²) in [7, 11) is 0. The van der Waals surface area contributed by atoms with Crippen molar-refractivity contribution < 1.29 is 19.0 Å². The van der Waals surface area contributed by atoms with E-state index in [0.717, 1.165) is 6.08 Å². The lowest BCUT2D eigenvalue weighted by Crippen LogP contribution is -2.24. The molecule has 0 rings (SSSR count). The fourth-order valence-electron chi connectivity index (χ4n) is 0.543. The lowest BCUT2D eigenvalue weighted by Gasteiger charge is -2.12. The number of hydrogen-bond acceptors (Lipinski definition) is 5. The SMILES string of the molecule is C=CC(=O)OC(COCC)OC#N. The Morgan fingerprint density at radius 1 is 1.77 bits per heavy atom. The molecule has 0 aliphatic heterocycles. The number of esters is 1. The molecule has 0 spiro atoms. The zero-order valence-electron chi connectivity index (χ0n) is 7.36. The van der Waals surface area contributed by atoms with Gasteiger partial charge in [-0.2, -0.15) is 5.26 Å². The molecule has 0 aromatic rings. The van der Waals surface area contributed by atoms with Gasteiger partial charge in [0.05, 0.1) is 0 Å². The highest BCUT2D eigenvalue weighted by Gasteiger charge is 2.13. The van der Waals surface area contributed by atoms with Crippen LogP contribution in [0.1, 0.15) is 6.92 Å². The van der Waals surface area contributed by atoms with Crippen molar-refractivity contribution in [2.24, 2.45) is 0 Å². The Bertz CT molecular complexity index is 209. The van der Waals surface area contributed by atoms with Gasteiger partial charge in [-0.1, -0.05) is 6.58 Å². The fraction of sp³-hybridized carbons (Fsp3) is 0.500. The maximum Gasteiger partial charge on any atom is 0.333 e. The molecule has 0 aromatic carbocycles. The second-order valence-electron chi connectivity index (χ2n) is 1.94. The quantitative estimate of drug-likeness (QED) is 0.262. The maximum absolute atomic E-state index is 10.7. The topological polar surface area (TPSA) is 68.6 Å². The van der Waals surface area contributed by atoms with E-state index in [0.29, 0.717) is 6.61 Å². The molecule has 0 aliphatic carbocycles. The van der Waals surface area contributed by atoms with Gasteiger partial charge in [0.1, 0.15) is 6.61 Å². The van der Waals surface area contributed by atoms with Crippen LogP contribution in [0.5, 0.6) is 0 Å². The first-order valence-corrected chi connectivity index (χ1v) is 3.70. The molecule has 0 heterocycles. The van der Waals surface area contributed by atoms with E-state index in [1.807, 2.05) is 0 Å². The molecule has 0 bridgehead atoms. The smallest absolute Gasteiger partial charge is 0.333 e. The van der Waals surface area contributed by atoms with Crippen molar-refractivity contribution in [1.29, 1.82) is 5.26 Å². The third-order valence-corrected chi connectivity index (χ3v) is 1.06. The van der Waals surface area contributed by atoms with Gasteiger partial charge in [0.25, 0.3) is 12.5 Å². The van der Waals surface area contributed by atoms with Crippen molar-refractivity contribution in [3.8, 4) is 6.26 Å². The molecule has 0 aromatic heterocycles. The van der Waals surface area contributed by atoms with Crippen LogP contribution in [0.2, 0.25) is 0 Å². The number of carbonyl (C=O) groups excluding carboxylic acids is 1. The second kappa shape index (κ2) is 7.13. The number of nitriles is 1. The first-order valence-electron chi connectivity index (χ1n) is 3.70. The van der Waals surface area contributed by atoms with E-state index in [2.05, 4.69) is 16.1 Å². The summed E-state index contributed by atoms with van der Waals surface area (Å²) in [5.41, 5.74) is 0. The predicted octanol–water partition coefficient (Wildman–Crippen LogP) is 0.576. The molecule has 5 nitrogen and oxygen atoms in total. The summed E-state index contributed by atoms with van der Waals surface area (Å²) in [5, 5.41) is 8.18. The Balaban J connectivity index is 3.87. The van der Waals surface area contributed by atoms with Gasteiger partial charge >= 0.3 is 5.97 Å². The number of hydrogen-bond donors (Lipinski definition) is 0. The Morgan fingerprint density at radius 2 is 2.46 bits per heavy atom. The first kappa shape index (κ1) is 11.5. The summed E-state index contributed by atoms with van der Waals surface area (Å²) in [6, 6.07) is 0. The highest BCUT2D eigenvalue weighted by atomic mass is 16.7. The Kier molecular flexibility index (Phi) is 6.28. The molecule has 1 unspecified atom stereocenters. The van der Waals surface area contributed by atoms with Crippen molar-refractivity contribution in [2.75, 3.05) is 13.2 Å². The summed E-state index contributed by atoms with van der Waals surface area (Å²) in [5.74, 6) is -0.653. The summed E-state index contributed by atoms with van der Waals surface area (Å²) in [4.78, 5) is 10.7. The highest BCUT2D eigenvalue weighted by Crippen LogP contribution is 1.96. The standard InChI is InChI=1S/C8H11NO4/c1-3-7(10)13-8(12-6-9)5-11-4-2/h3,8H,1,4-5H2,2H3. The van der Waals surface area contributed by atoms with E-state index < -0.39 is 12.3 Å². The van der Waals surface area contributed by atoms with Gasteiger partial charge in [-0.15, -0.1) is 0 Å². The molecule has 0 fully saturated rings. The number of rotatable bonds is 6. The van der Waals surface area contributed by atoms with E-state index in [1.54, 1.807) is 6.92 Å². The average molecular weight is 185 g/mol. The van der Waals surface area contributed by atoms with E-state index in [9.17, 15) is 4.79 Å². The molecule has 0 saturated heterocycles. The minimum atomic E-state index is -0.990. The van der Waals surface area contributed by atoms with Gasteiger partial charge in [0.2, 0.25) is 0 Å². The molecular weight excluding hydrogens is 174 g/mol. The third kappa shape index (κ3) is 5.70. The summed E-state index contributed by atoms with van der Waals surface area (Å²) in [6.45, 7) is 5.46. The highest BCUT2D eigenvalue weighted by molar-refractivity contribution is 5.81. The Hall–Kier alpha value is -1.54. The zero-order valence-corrected chi connectivity index (χ0v) is 7.36. The average Bonchev–Trinajstić information content (AvgIpc) is 2.14. The van der Waals surface area contributed by atoms with Crippen molar-refractivity contribution in [3.05, 3.63) is 12.7 Å². The van der Waals surface area contributed by atoms with Crippen LogP contribution in [0.4, 0.5) is 0 Å². The molecule has 0 saturated carbocycles. The minimum absolute atomic E-state index is 0.0314. The molecule has 0 amide bonds. The zero-order chi connectivity index (χ0) is 10.1. The predicted molar refractivity (Wildman–Crippen MR) is 43.3 cm³/mol. The van der Waals surface area contributed by atoms with Crippen molar-refractivity contribution in [3.63, 3.8) is 0 Å². The van der Waals surface area contributed by atoms with Crippen molar-refractivity contribution in [2.45, 2.75) is 13.2 Å². The largest absolute Gasteiger partial charge is 0.419 e. The number of carbonyl (C=O) groups is 1. The summed E-state index contributed by atoms with van der Waals surface area (Å²) < 4.78 is 13.9. The lowest BCUT2D eigenvalue weighted by atomic mass is 10.6. The maximum atomic E-state index is 10.7. The monoisotopic (exact) mass is 185 g/mol. The normalized spacial score (nSPS) is 11.1. The van der Waals surface area contributed by atoms with E-state index >= 15 is 0 Å². The van der Waals surface area contributed by atoms with Crippen LogP contribution in [0.25, 0.3) is 0 Å². The van der Waals surface area contributed by atoms with Gasteiger partial charge in [0.15, 0.2) is 0 Å². The fourth-order valence-corrected chi connectivity index (χ4v) is 0.543. The van der Waals surface area contributed by atoms with Crippen LogP contribution in [0, 0.1) is 11.5 Å². The van der Waals surface area contributed by atoms with Crippen LogP contribution in [-0.4, -0.2) is 25.5 Å². The molecule has 5 heteroatoms. The van der Waals surface area contributed by atoms with Crippen LogP contribution >= 0.6 is 0 Å². The van der Waals surface area contributed by atoms with E-state index in [4.69, 9.17) is 10.00 Å². The lowest BCUT2D eigenvalue weighted by molar-refractivity contribution is -0.170. The first-order chi connectivity index (χ1) is 6.24. The van der Waals surface area contributed by atoms with Crippen molar-refractivity contribution >= 4 is 5.97 Å². The Labute approximate surface area is 76.5 Å². The van der Waals surface area contributed by atoms with E-state index in [1.165, 1.54) is 6.26 Å². The molecule has 72 valence electrons. The van der Waals surface area contributed by atoms with Crippen molar-refractivity contribution in [1.82, 2.24) is 0 Å². The minimum Gasteiger partial charge on any atom is -0.419 e. The molecule has 0 N–H and O–H groups in total. The third-order valence-electron chi connectivity index (χ3n) is 1.06. The van der Waals surface area contributed by atoms with Gasteiger partial charge in [-0.3, -0.25) is 0 Å². The Morgan fingerprint density at radius 3 is 2.92 bits per heavy atom. The molecule has 13 heavy (non-hydrogen) atoms. The van der Waals surface area contributed by atoms with E-state index in [-0.39, 0.29) is 6.61 Å². The van der Waals surface area contributed by atoms with Crippen LogP contribution < -0.4 is 0 Å². The molecule has 0 radical (unpaired) electrons. The molecule has 0 aliphatic rings. The van der Waals surface area contributed by atoms with Gasteiger partial charge in [-0.05, 0) is 6.92 Å². The van der Waals surface area contributed by atoms with Gasteiger partial charge < -0.3 is 14.2 Å². The second-order valence-corrected chi connectivity index (χ2v) is 1.94. The number of nitrogens with zero attached hydrogens (tertiary/aromatic N) is 1. The van der Waals surface area contributed by atoms with Crippen LogP contribution in [0.15, 0.2) is 12.7 Å². The summed E-state index contributed by atoms with van der Waals surface area (Å²) in [6.07, 6.45) is 1.41. The van der Waals surface area contributed by atoms with Crippen LogP contribution in [-0.2, 0) is 19.0 Å². The number of ether oxygens (including phenoxy) is 3.